The summed E-state index contributed by atoms with van der Waals surface area (Å²) in [6, 6.07) is 27.1. The van der Waals surface area contributed by atoms with Crippen LogP contribution in [0, 0.1) is 22.9 Å². The van der Waals surface area contributed by atoms with Crippen LogP contribution in [0.15, 0.2) is 113 Å². The van der Waals surface area contributed by atoms with E-state index in [-0.39, 0.29) is 22.8 Å². The molecule has 0 aliphatic heterocycles. The maximum absolute atomic E-state index is 13.6. The highest BCUT2D eigenvalue weighted by Crippen LogP contribution is 2.30. The van der Waals surface area contributed by atoms with Gasteiger partial charge in [0.15, 0.2) is 11.0 Å². The topological polar surface area (TPSA) is 120 Å². The molecule has 1 atom stereocenters. The summed E-state index contributed by atoms with van der Waals surface area (Å²) in [7, 11) is -3.97. The quantitative estimate of drug-likeness (QED) is 0.109. The van der Waals surface area contributed by atoms with E-state index in [0.717, 1.165) is 16.7 Å². The van der Waals surface area contributed by atoms with Crippen LogP contribution in [0.5, 0.6) is 0 Å². The summed E-state index contributed by atoms with van der Waals surface area (Å²) in [4.78, 5) is 10.9. The number of aromatic nitrogens is 3. The smallest absolute Gasteiger partial charge is 0.269 e. The molecule has 0 amide bonds. The number of nitrogens with one attached hydrogen (secondary N) is 1. The van der Waals surface area contributed by atoms with Crippen molar-refractivity contribution in [1.82, 2.24) is 19.5 Å². The Balaban J connectivity index is 1.58. The van der Waals surface area contributed by atoms with Gasteiger partial charge in [-0.15, -0.1) is 10.2 Å². The van der Waals surface area contributed by atoms with Crippen molar-refractivity contribution < 1.29 is 17.7 Å². The average Bonchev–Trinajstić information content (AvgIpc) is 3.41. The zero-order valence-electron chi connectivity index (χ0n) is 22.4. The molecule has 5 rings (SSSR count). The standard InChI is InChI=1S/C30H26FN5O4S2/c1-21-7-17-27(18-8-21)42(39,40)34-28(19-22-5-3-2-4-6-22)29-32-33-30(41-20-23-9-11-24(31)12-10-23)35(29)25-13-15-26(16-14-25)36(37)38/h2-18,28,34H,19-20H2,1H3. The Morgan fingerprint density at radius 2 is 1.57 bits per heavy atom. The summed E-state index contributed by atoms with van der Waals surface area (Å²) in [5.41, 5.74) is 3.08. The van der Waals surface area contributed by atoms with E-state index in [1.54, 1.807) is 53.1 Å². The van der Waals surface area contributed by atoms with Crippen molar-refractivity contribution in [1.29, 1.82) is 0 Å². The highest BCUT2D eigenvalue weighted by molar-refractivity contribution is 7.98. The van der Waals surface area contributed by atoms with Crippen LogP contribution in [0.4, 0.5) is 10.1 Å². The van der Waals surface area contributed by atoms with Crippen molar-refractivity contribution in [3.63, 3.8) is 0 Å². The lowest BCUT2D eigenvalue weighted by Crippen LogP contribution is -2.32. The third kappa shape index (κ3) is 6.90. The molecule has 0 radical (unpaired) electrons. The van der Waals surface area contributed by atoms with Crippen LogP contribution in [0.3, 0.4) is 0 Å². The summed E-state index contributed by atoms with van der Waals surface area (Å²) in [6.45, 7) is 1.87. The second kappa shape index (κ2) is 12.6. The predicted octanol–water partition coefficient (Wildman–Crippen LogP) is 6.18. The minimum absolute atomic E-state index is 0.0881. The van der Waals surface area contributed by atoms with Gasteiger partial charge in [-0.05, 0) is 60.9 Å². The highest BCUT2D eigenvalue weighted by Gasteiger charge is 2.28. The van der Waals surface area contributed by atoms with Crippen LogP contribution >= 0.6 is 11.8 Å². The molecule has 1 aromatic heterocycles. The molecule has 1 N–H and O–H groups in total. The molecule has 0 bridgehead atoms. The number of aryl methyl sites for hydroxylation is 1. The van der Waals surface area contributed by atoms with Crippen molar-refractivity contribution in [3.8, 4) is 5.69 Å². The molecule has 0 saturated heterocycles. The largest absolute Gasteiger partial charge is 0.273 e. The van der Waals surface area contributed by atoms with E-state index in [4.69, 9.17) is 0 Å². The van der Waals surface area contributed by atoms with Gasteiger partial charge in [-0.2, -0.15) is 0 Å². The Kier molecular flexibility index (Phi) is 8.76. The molecule has 12 heteroatoms. The highest BCUT2D eigenvalue weighted by atomic mass is 32.2. The van der Waals surface area contributed by atoms with Crippen LogP contribution in [0.2, 0.25) is 0 Å². The lowest BCUT2D eigenvalue weighted by atomic mass is 10.1. The first-order valence-corrected chi connectivity index (χ1v) is 15.4. The van der Waals surface area contributed by atoms with E-state index in [0.29, 0.717) is 22.4 Å². The van der Waals surface area contributed by atoms with Gasteiger partial charge in [-0.25, -0.2) is 17.5 Å². The fourth-order valence-corrected chi connectivity index (χ4v) is 6.41. The number of thioether (sulfide) groups is 1. The minimum atomic E-state index is -3.97. The van der Waals surface area contributed by atoms with Crippen molar-refractivity contribution in [2.45, 2.75) is 35.2 Å². The number of nitro groups is 1. The van der Waals surface area contributed by atoms with Gasteiger partial charge in [0, 0.05) is 23.6 Å². The Hall–Kier alpha value is -4.39. The van der Waals surface area contributed by atoms with Crippen molar-refractivity contribution >= 4 is 27.5 Å². The number of nitrogens with zero attached hydrogens (tertiary/aromatic N) is 4. The van der Waals surface area contributed by atoms with Crippen LogP contribution in [-0.2, 0) is 22.2 Å². The van der Waals surface area contributed by atoms with Crippen molar-refractivity contribution in [3.05, 3.63) is 142 Å². The van der Waals surface area contributed by atoms with E-state index in [2.05, 4.69) is 14.9 Å². The van der Waals surface area contributed by atoms with Gasteiger partial charge in [-0.1, -0.05) is 71.9 Å². The molecular formula is C30H26FN5O4S2. The second-order valence-corrected chi connectivity index (χ2v) is 12.2. The van der Waals surface area contributed by atoms with Crippen molar-refractivity contribution in [2.24, 2.45) is 0 Å². The van der Waals surface area contributed by atoms with Gasteiger partial charge in [0.2, 0.25) is 10.0 Å². The zero-order chi connectivity index (χ0) is 29.7. The van der Waals surface area contributed by atoms with Crippen molar-refractivity contribution in [2.75, 3.05) is 0 Å². The maximum Gasteiger partial charge on any atom is 0.269 e. The Morgan fingerprint density at radius 1 is 0.905 bits per heavy atom. The second-order valence-electron chi connectivity index (χ2n) is 9.54. The van der Waals surface area contributed by atoms with E-state index in [1.807, 2.05) is 37.3 Å². The number of non-ortho nitro benzene ring substituents is 1. The number of halogens is 1. The Labute approximate surface area is 246 Å². The third-order valence-corrected chi connectivity index (χ3v) is 8.97. The monoisotopic (exact) mass is 603 g/mol. The summed E-state index contributed by atoms with van der Waals surface area (Å²) in [5.74, 6) is 0.402. The van der Waals surface area contributed by atoms with Gasteiger partial charge < -0.3 is 0 Å². The number of nitro benzene ring substituents is 1. The van der Waals surface area contributed by atoms with E-state index >= 15 is 0 Å². The summed E-state index contributed by atoms with van der Waals surface area (Å²) in [5, 5.41) is 20.6. The molecule has 4 aromatic carbocycles. The Morgan fingerprint density at radius 3 is 2.21 bits per heavy atom. The molecule has 0 fully saturated rings. The van der Waals surface area contributed by atoms with Gasteiger partial charge in [0.05, 0.1) is 15.9 Å². The van der Waals surface area contributed by atoms with Gasteiger partial charge in [0.1, 0.15) is 5.82 Å². The molecule has 9 nitrogen and oxygen atoms in total. The molecule has 214 valence electrons. The van der Waals surface area contributed by atoms with Crippen LogP contribution in [-0.4, -0.2) is 28.1 Å². The molecule has 42 heavy (non-hydrogen) atoms. The van der Waals surface area contributed by atoms with E-state index in [1.165, 1.54) is 36.0 Å². The number of benzene rings is 4. The predicted molar refractivity (Wildman–Crippen MR) is 158 cm³/mol. The van der Waals surface area contributed by atoms with Gasteiger partial charge >= 0.3 is 0 Å². The number of sulfonamides is 1. The first kappa shape index (κ1) is 29.1. The van der Waals surface area contributed by atoms with E-state index < -0.39 is 21.0 Å². The molecule has 5 aromatic rings. The van der Waals surface area contributed by atoms with Crippen LogP contribution < -0.4 is 4.72 Å². The number of hydrogen-bond acceptors (Lipinski definition) is 7. The third-order valence-electron chi connectivity index (χ3n) is 6.48. The molecule has 0 spiro atoms. The molecule has 0 aliphatic carbocycles. The number of hydrogen-bond donors (Lipinski definition) is 1. The first-order chi connectivity index (χ1) is 20.2. The fourth-order valence-electron chi connectivity index (χ4n) is 4.30. The SMILES string of the molecule is Cc1ccc(S(=O)(=O)NC(Cc2ccccc2)c2nnc(SCc3ccc(F)cc3)n2-c2ccc([N+](=O)[O-])cc2)cc1. The molecule has 0 saturated carbocycles. The maximum atomic E-state index is 13.6. The summed E-state index contributed by atoms with van der Waals surface area (Å²) >= 11 is 1.33. The lowest BCUT2D eigenvalue weighted by molar-refractivity contribution is -0.384. The molecule has 0 aliphatic rings. The van der Waals surface area contributed by atoms with Crippen LogP contribution in [0.25, 0.3) is 5.69 Å². The molecule has 1 unspecified atom stereocenters. The summed E-state index contributed by atoms with van der Waals surface area (Å²) in [6.07, 6.45) is 0.264. The zero-order valence-corrected chi connectivity index (χ0v) is 24.1. The summed E-state index contributed by atoms with van der Waals surface area (Å²) < 4.78 is 45.1. The van der Waals surface area contributed by atoms with Gasteiger partial charge in [-0.3, -0.25) is 14.7 Å². The van der Waals surface area contributed by atoms with Crippen LogP contribution in [0.1, 0.15) is 28.6 Å². The first-order valence-electron chi connectivity index (χ1n) is 12.9. The average molecular weight is 604 g/mol. The minimum Gasteiger partial charge on any atom is -0.273 e. The molecule has 1 heterocycles. The molecular weight excluding hydrogens is 577 g/mol. The normalized spacial score (nSPS) is 12.2. The lowest BCUT2D eigenvalue weighted by Gasteiger charge is -2.20. The number of rotatable bonds is 11. The Bertz CT molecular complexity index is 1780. The van der Waals surface area contributed by atoms with E-state index in [9.17, 15) is 22.9 Å². The fraction of sp³-hybridized carbons (Fsp3) is 0.133. The van der Waals surface area contributed by atoms with Gasteiger partial charge in [0.25, 0.3) is 5.69 Å².